The van der Waals surface area contributed by atoms with Gasteiger partial charge in [-0.2, -0.15) is 0 Å². The van der Waals surface area contributed by atoms with Crippen LogP contribution in [0.5, 0.6) is 5.75 Å². The summed E-state index contributed by atoms with van der Waals surface area (Å²) in [4.78, 5) is 21.8. The van der Waals surface area contributed by atoms with Gasteiger partial charge in [0.2, 0.25) is 0 Å². The van der Waals surface area contributed by atoms with Gasteiger partial charge in [-0.25, -0.2) is 9.59 Å². The highest BCUT2D eigenvalue weighted by atomic mass is 16.4. The molecule has 0 radical (unpaired) electrons. The predicted molar refractivity (Wildman–Crippen MR) is 110 cm³/mol. The number of aromatic hydroxyl groups is 1. The van der Waals surface area contributed by atoms with Crippen LogP contribution in [-0.2, 0) is 22.4 Å². The second kappa shape index (κ2) is 9.04. The van der Waals surface area contributed by atoms with Crippen molar-refractivity contribution in [3.63, 3.8) is 0 Å². The molecule has 0 saturated heterocycles. The van der Waals surface area contributed by atoms with Crippen molar-refractivity contribution in [2.24, 2.45) is 0 Å². The van der Waals surface area contributed by atoms with E-state index in [9.17, 15) is 14.7 Å². The summed E-state index contributed by atoms with van der Waals surface area (Å²) in [7, 11) is 0. The number of aliphatic carboxylic acids is 2. The maximum atomic E-state index is 10.9. The molecule has 3 N–H and O–H groups in total. The number of hydrogen-bond acceptors (Lipinski definition) is 3. The number of hydrogen-bond donors (Lipinski definition) is 3. The fourth-order valence-corrected chi connectivity index (χ4v) is 3.39. The van der Waals surface area contributed by atoms with Crippen LogP contribution < -0.4 is 0 Å². The molecule has 0 amide bonds. The molecule has 0 aliphatic carbocycles. The third-order valence-corrected chi connectivity index (χ3v) is 4.52. The van der Waals surface area contributed by atoms with Crippen molar-refractivity contribution in [3.8, 4) is 5.75 Å². The third kappa shape index (κ3) is 5.58. The highest BCUT2D eigenvalue weighted by Crippen LogP contribution is 2.26. The Morgan fingerprint density at radius 1 is 0.786 bits per heavy atom. The molecule has 2 aromatic carbocycles. The zero-order valence-corrected chi connectivity index (χ0v) is 16.2. The summed E-state index contributed by atoms with van der Waals surface area (Å²) in [6, 6.07) is 7.27. The van der Waals surface area contributed by atoms with E-state index in [0.29, 0.717) is 12.8 Å². The van der Waals surface area contributed by atoms with Crippen LogP contribution in [0.4, 0.5) is 0 Å². The molecule has 0 spiro atoms. The summed E-state index contributed by atoms with van der Waals surface area (Å²) >= 11 is 0. The first kappa shape index (κ1) is 21.0. The molecule has 0 unspecified atom stereocenters. The number of carboxylic acids is 2. The third-order valence-electron chi connectivity index (χ3n) is 4.52. The SMILES string of the molecule is Cc1cc(C)c(/C=C/C(=O)O)c(CCc2cc(O)cc(C)c2/C=C/C(=O)O)c1. The highest BCUT2D eigenvalue weighted by molar-refractivity contribution is 5.86. The summed E-state index contributed by atoms with van der Waals surface area (Å²) in [6.07, 6.45) is 6.55. The van der Waals surface area contributed by atoms with E-state index < -0.39 is 11.9 Å². The maximum Gasteiger partial charge on any atom is 0.328 e. The lowest BCUT2D eigenvalue weighted by molar-refractivity contribution is -0.132. The largest absolute Gasteiger partial charge is 0.508 e. The van der Waals surface area contributed by atoms with E-state index in [4.69, 9.17) is 10.2 Å². The minimum atomic E-state index is -1.03. The second-order valence-electron chi connectivity index (χ2n) is 6.83. The van der Waals surface area contributed by atoms with Gasteiger partial charge in [0.1, 0.15) is 5.75 Å². The highest BCUT2D eigenvalue weighted by Gasteiger charge is 2.10. The van der Waals surface area contributed by atoms with Crippen LogP contribution in [0.15, 0.2) is 36.4 Å². The Morgan fingerprint density at radius 3 is 1.75 bits per heavy atom. The molecule has 2 rings (SSSR count). The van der Waals surface area contributed by atoms with Gasteiger partial charge in [-0.05, 0) is 91.3 Å². The van der Waals surface area contributed by atoms with Crippen LogP contribution in [0.3, 0.4) is 0 Å². The molecule has 146 valence electrons. The average molecular weight is 380 g/mol. The second-order valence-corrected chi connectivity index (χ2v) is 6.83. The molecule has 0 aromatic heterocycles. The van der Waals surface area contributed by atoms with Crippen molar-refractivity contribution in [1.82, 2.24) is 0 Å². The average Bonchev–Trinajstić information content (AvgIpc) is 2.57. The van der Waals surface area contributed by atoms with E-state index >= 15 is 0 Å². The number of phenols is 1. The minimum Gasteiger partial charge on any atom is -0.508 e. The van der Waals surface area contributed by atoms with Crippen LogP contribution in [0.1, 0.15) is 38.9 Å². The molecular formula is C23H24O5. The number of benzene rings is 2. The van der Waals surface area contributed by atoms with Gasteiger partial charge in [0, 0.05) is 12.2 Å². The Bertz CT molecular complexity index is 888. The van der Waals surface area contributed by atoms with Crippen molar-refractivity contribution < 1.29 is 24.9 Å². The summed E-state index contributed by atoms with van der Waals surface area (Å²) in [5, 5.41) is 27.8. The fourth-order valence-electron chi connectivity index (χ4n) is 3.39. The molecule has 5 heteroatoms. The van der Waals surface area contributed by atoms with E-state index in [1.165, 1.54) is 0 Å². The zero-order valence-electron chi connectivity index (χ0n) is 16.2. The molecule has 0 fully saturated rings. The number of carboxylic acid groups (broad SMARTS) is 2. The summed E-state index contributed by atoms with van der Waals surface area (Å²) < 4.78 is 0. The fraction of sp³-hybridized carbons (Fsp3) is 0.217. The molecule has 0 saturated carbocycles. The van der Waals surface area contributed by atoms with Crippen LogP contribution in [-0.4, -0.2) is 27.3 Å². The molecule has 0 bridgehead atoms. The van der Waals surface area contributed by atoms with Gasteiger partial charge in [0.25, 0.3) is 0 Å². The lowest BCUT2D eigenvalue weighted by Crippen LogP contribution is -2.01. The monoisotopic (exact) mass is 380 g/mol. The smallest absolute Gasteiger partial charge is 0.328 e. The number of carbonyl (C=O) groups is 2. The predicted octanol–water partition coefficient (Wildman–Crippen LogP) is 4.30. The first-order valence-electron chi connectivity index (χ1n) is 8.92. The van der Waals surface area contributed by atoms with E-state index in [-0.39, 0.29) is 5.75 Å². The molecule has 0 heterocycles. The van der Waals surface area contributed by atoms with Crippen molar-refractivity contribution >= 4 is 24.1 Å². The van der Waals surface area contributed by atoms with Crippen molar-refractivity contribution in [1.29, 1.82) is 0 Å². The van der Waals surface area contributed by atoms with Gasteiger partial charge in [0.15, 0.2) is 0 Å². The lowest BCUT2D eigenvalue weighted by Gasteiger charge is -2.14. The van der Waals surface area contributed by atoms with E-state index in [1.54, 1.807) is 24.3 Å². The van der Waals surface area contributed by atoms with E-state index in [0.717, 1.165) is 51.1 Å². The maximum absolute atomic E-state index is 10.9. The van der Waals surface area contributed by atoms with Crippen molar-refractivity contribution in [3.05, 3.63) is 75.4 Å². The van der Waals surface area contributed by atoms with E-state index in [1.807, 2.05) is 32.9 Å². The first-order chi connectivity index (χ1) is 13.2. The lowest BCUT2D eigenvalue weighted by atomic mass is 9.91. The van der Waals surface area contributed by atoms with Gasteiger partial charge in [-0.15, -0.1) is 0 Å². The molecule has 0 atom stereocenters. The Hall–Kier alpha value is -3.34. The summed E-state index contributed by atoms with van der Waals surface area (Å²) in [6.45, 7) is 5.75. The molecule has 28 heavy (non-hydrogen) atoms. The number of phenolic OH excluding ortho intramolecular Hbond substituents is 1. The normalized spacial score (nSPS) is 11.4. The van der Waals surface area contributed by atoms with Crippen LogP contribution in [0.25, 0.3) is 12.2 Å². The standard InChI is InChI=1S/C23H24O5/c1-14-10-15(2)20(6-8-22(25)26)17(11-14)4-5-18-13-19(24)12-16(3)21(18)7-9-23(27)28/h6-13,24H,4-5H2,1-3H3,(H,25,26)(H,27,28)/b8-6+,9-7+. The topological polar surface area (TPSA) is 94.8 Å². The summed E-state index contributed by atoms with van der Waals surface area (Å²) in [5.41, 5.74) is 6.34. The Balaban J connectivity index is 2.41. The van der Waals surface area contributed by atoms with Crippen LogP contribution in [0.2, 0.25) is 0 Å². The Labute approximate surface area is 164 Å². The van der Waals surface area contributed by atoms with Crippen molar-refractivity contribution in [2.75, 3.05) is 0 Å². The molecule has 0 aliphatic heterocycles. The molecule has 2 aromatic rings. The molecule has 0 aliphatic rings. The first-order valence-corrected chi connectivity index (χ1v) is 8.92. The van der Waals surface area contributed by atoms with E-state index in [2.05, 4.69) is 0 Å². The van der Waals surface area contributed by atoms with Gasteiger partial charge in [0.05, 0.1) is 0 Å². The number of aryl methyl sites for hydroxylation is 5. The molecule has 5 nitrogen and oxygen atoms in total. The quantitative estimate of drug-likeness (QED) is 0.623. The van der Waals surface area contributed by atoms with Crippen LogP contribution in [0, 0.1) is 20.8 Å². The zero-order chi connectivity index (χ0) is 20.8. The Morgan fingerprint density at radius 2 is 1.25 bits per heavy atom. The van der Waals surface area contributed by atoms with Gasteiger partial charge >= 0.3 is 11.9 Å². The molecular weight excluding hydrogens is 356 g/mol. The van der Waals surface area contributed by atoms with Gasteiger partial charge in [-0.1, -0.05) is 17.7 Å². The van der Waals surface area contributed by atoms with Crippen molar-refractivity contribution in [2.45, 2.75) is 33.6 Å². The minimum absolute atomic E-state index is 0.131. The number of rotatable bonds is 7. The van der Waals surface area contributed by atoms with Crippen LogP contribution >= 0.6 is 0 Å². The summed E-state index contributed by atoms with van der Waals surface area (Å²) in [5.74, 6) is -1.91. The van der Waals surface area contributed by atoms with Gasteiger partial charge < -0.3 is 15.3 Å². The Kier molecular flexibility index (Phi) is 6.77. The van der Waals surface area contributed by atoms with Gasteiger partial charge in [-0.3, -0.25) is 0 Å².